The molecule has 1 aliphatic rings. The molecule has 0 atom stereocenters. The molecule has 0 aliphatic carbocycles. The Labute approximate surface area is 107 Å². The summed E-state index contributed by atoms with van der Waals surface area (Å²) in [7, 11) is 3.28. The van der Waals surface area contributed by atoms with Gasteiger partial charge in [-0.15, -0.1) is 11.3 Å². The lowest BCUT2D eigenvalue weighted by Gasteiger charge is -2.18. The van der Waals surface area contributed by atoms with Crippen LogP contribution >= 0.6 is 11.3 Å². The highest BCUT2D eigenvalue weighted by molar-refractivity contribution is 7.13. The van der Waals surface area contributed by atoms with Crippen molar-refractivity contribution in [3.63, 3.8) is 0 Å². The molecule has 0 bridgehead atoms. The molecular formula is C12H20N2O2S. The van der Waals surface area contributed by atoms with Gasteiger partial charge < -0.3 is 14.4 Å². The van der Waals surface area contributed by atoms with Crippen LogP contribution in [-0.4, -0.2) is 32.3 Å². The van der Waals surface area contributed by atoms with E-state index < -0.39 is 0 Å². The molecule has 2 rings (SSSR count). The smallest absolute Gasteiger partial charge is 0.201 e. The lowest BCUT2D eigenvalue weighted by Crippen LogP contribution is -2.23. The lowest BCUT2D eigenvalue weighted by atomic mass is 10.2. The first kappa shape index (κ1) is 12.8. The topological polar surface area (TPSA) is 34.6 Å². The van der Waals surface area contributed by atoms with Gasteiger partial charge in [-0.25, -0.2) is 4.98 Å². The Bertz CT molecular complexity index is 331. The molecule has 0 unspecified atom stereocenters. The molecule has 1 fully saturated rings. The third kappa shape index (κ3) is 3.18. The number of aromatic nitrogens is 1. The summed E-state index contributed by atoms with van der Waals surface area (Å²) in [5, 5.41) is 3.12. The standard InChI is InChI=1S/C12H20N2O2S/c1-15-11(16-2)10-9-17-12(13-10)14-7-5-3-4-6-8-14/h9,11H,3-8H2,1-2H3. The Morgan fingerprint density at radius 1 is 1.18 bits per heavy atom. The summed E-state index contributed by atoms with van der Waals surface area (Å²) in [4.78, 5) is 6.99. The monoisotopic (exact) mass is 256 g/mol. The van der Waals surface area contributed by atoms with E-state index in [1.54, 1.807) is 25.6 Å². The number of nitrogens with zero attached hydrogens (tertiary/aromatic N) is 2. The van der Waals surface area contributed by atoms with Crippen LogP contribution in [0.3, 0.4) is 0 Å². The molecule has 0 saturated carbocycles. The van der Waals surface area contributed by atoms with E-state index in [1.807, 2.05) is 5.38 Å². The van der Waals surface area contributed by atoms with Gasteiger partial charge in [-0.3, -0.25) is 0 Å². The predicted octanol–water partition coefficient (Wildman–Crippen LogP) is 2.81. The summed E-state index contributed by atoms with van der Waals surface area (Å²) in [6.45, 7) is 2.25. The van der Waals surface area contributed by atoms with Gasteiger partial charge in [0.05, 0.1) is 0 Å². The van der Waals surface area contributed by atoms with Gasteiger partial charge in [0.1, 0.15) is 5.69 Å². The van der Waals surface area contributed by atoms with E-state index in [-0.39, 0.29) is 6.29 Å². The van der Waals surface area contributed by atoms with Crippen LogP contribution < -0.4 is 4.90 Å². The maximum atomic E-state index is 5.21. The minimum atomic E-state index is -0.341. The van der Waals surface area contributed by atoms with E-state index in [9.17, 15) is 0 Å². The lowest BCUT2D eigenvalue weighted by molar-refractivity contribution is -0.108. The molecule has 17 heavy (non-hydrogen) atoms. The Balaban J connectivity index is 2.05. The number of hydrogen-bond acceptors (Lipinski definition) is 5. The Morgan fingerprint density at radius 3 is 2.41 bits per heavy atom. The minimum absolute atomic E-state index is 0.341. The molecule has 5 heteroatoms. The Morgan fingerprint density at radius 2 is 1.82 bits per heavy atom. The van der Waals surface area contributed by atoms with E-state index >= 15 is 0 Å². The van der Waals surface area contributed by atoms with E-state index in [2.05, 4.69) is 9.88 Å². The maximum Gasteiger partial charge on any atom is 0.201 e. The molecule has 0 aromatic carbocycles. The molecule has 1 saturated heterocycles. The number of anilines is 1. The van der Waals surface area contributed by atoms with Crippen molar-refractivity contribution in [1.82, 2.24) is 4.98 Å². The molecule has 4 nitrogen and oxygen atoms in total. The fourth-order valence-electron chi connectivity index (χ4n) is 2.13. The quantitative estimate of drug-likeness (QED) is 0.776. The van der Waals surface area contributed by atoms with Crippen LogP contribution in [0.5, 0.6) is 0 Å². The van der Waals surface area contributed by atoms with Crippen molar-refractivity contribution < 1.29 is 9.47 Å². The third-order valence-corrected chi connectivity index (χ3v) is 3.98. The summed E-state index contributed by atoms with van der Waals surface area (Å²) in [5.41, 5.74) is 0.874. The summed E-state index contributed by atoms with van der Waals surface area (Å²) < 4.78 is 10.4. The van der Waals surface area contributed by atoms with Crippen LogP contribution in [0.1, 0.15) is 37.7 Å². The highest BCUT2D eigenvalue weighted by atomic mass is 32.1. The number of hydrogen-bond donors (Lipinski definition) is 0. The van der Waals surface area contributed by atoms with Crippen molar-refractivity contribution in [1.29, 1.82) is 0 Å². The molecule has 96 valence electrons. The first-order valence-electron chi connectivity index (χ1n) is 6.11. The zero-order valence-corrected chi connectivity index (χ0v) is 11.3. The van der Waals surface area contributed by atoms with Crippen LogP contribution in [0.4, 0.5) is 5.13 Å². The van der Waals surface area contributed by atoms with Crippen molar-refractivity contribution in [3.8, 4) is 0 Å². The average molecular weight is 256 g/mol. The first-order chi connectivity index (χ1) is 8.35. The maximum absolute atomic E-state index is 5.21. The number of rotatable bonds is 4. The molecular weight excluding hydrogens is 236 g/mol. The van der Waals surface area contributed by atoms with Crippen LogP contribution in [0, 0.1) is 0 Å². The molecule has 0 amide bonds. The summed E-state index contributed by atoms with van der Waals surface area (Å²) in [5.74, 6) is 0. The van der Waals surface area contributed by atoms with Gasteiger partial charge in [-0.1, -0.05) is 12.8 Å². The van der Waals surface area contributed by atoms with Crippen molar-refractivity contribution in [2.75, 3.05) is 32.2 Å². The fraction of sp³-hybridized carbons (Fsp3) is 0.750. The predicted molar refractivity (Wildman–Crippen MR) is 69.6 cm³/mol. The van der Waals surface area contributed by atoms with Crippen molar-refractivity contribution in [2.24, 2.45) is 0 Å². The molecule has 2 heterocycles. The molecule has 0 N–H and O–H groups in total. The highest BCUT2D eigenvalue weighted by Gasteiger charge is 2.17. The van der Waals surface area contributed by atoms with Gasteiger partial charge in [-0.05, 0) is 12.8 Å². The zero-order chi connectivity index (χ0) is 12.1. The van der Waals surface area contributed by atoms with Crippen molar-refractivity contribution in [3.05, 3.63) is 11.1 Å². The summed E-state index contributed by atoms with van der Waals surface area (Å²) in [6.07, 6.45) is 4.88. The second kappa shape index (κ2) is 6.33. The number of ether oxygens (including phenoxy) is 2. The second-order valence-electron chi connectivity index (χ2n) is 4.26. The summed E-state index contributed by atoms with van der Waals surface area (Å²) in [6, 6.07) is 0. The Kier molecular flexibility index (Phi) is 4.76. The average Bonchev–Trinajstić information content (AvgIpc) is 2.67. The second-order valence-corrected chi connectivity index (χ2v) is 5.10. The van der Waals surface area contributed by atoms with E-state index in [0.29, 0.717) is 0 Å². The van der Waals surface area contributed by atoms with Gasteiger partial charge in [0.25, 0.3) is 0 Å². The van der Waals surface area contributed by atoms with E-state index in [1.165, 1.54) is 25.7 Å². The molecule has 0 spiro atoms. The zero-order valence-electron chi connectivity index (χ0n) is 10.5. The third-order valence-electron chi connectivity index (χ3n) is 3.06. The highest BCUT2D eigenvalue weighted by Crippen LogP contribution is 2.27. The molecule has 1 aromatic rings. The SMILES string of the molecule is COC(OC)c1csc(N2CCCCCC2)n1. The van der Waals surface area contributed by atoms with Gasteiger partial charge in [0.2, 0.25) is 6.29 Å². The van der Waals surface area contributed by atoms with Gasteiger partial charge in [0, 0.05) is 32.7 Å². The molecule has 1 aromatic heterocycles. The minimum Gasteiger partial charge on any atom is -0.350 e. The van der Waals surface area contributed by atoms with Crippen molar-refractivity contribution in [2.45, 2.75) is 32.0 Å². The molecule has 0 radical (unpaired) electrons. The van der Waals surface area contributed by atoms with Crippen LogP contribution in [-0.2, 0) is 9.47 Å². The summed E-state index contributed by atoms with van der Waals surface area (Å²) >= 11 is 1.68. The van der Waals surface area contributed by atoms with Gasteiger partial charge in [0.15, 0.2) is 5.13 Å². The van der Waals surface area contributed by atoms with Gasteiger partial charge >= 0.3 is 0 Å². The van der Waals surface area contributed by atoms with Crippen LogP contribution in [0.15, 0.2) is 5.38 Å². The number of thiazole rings is 1. The van der Waals surface area contributed by atoms with E-state index in [0.717, 1.165) is 23.9 Å². The Hall–Kier alpha value is -0.650. The molecule has 1 aliphatic heterocycles. The first-order valence-corrected chi connectivity index (χ1v) is 6.99. The fourth-order valence-corrected chi connectivity index (χ4v) is 3.01. The van der Waals surface area contributed by atoms with Crippen LogP contribution in [0.2, 0.25) is 0 Å². The van der Waals surface area contributed by atoms with Crippen LogP contribution in [0.25, 0.3) is 0 Å². The van der Waals surface area contributed by atoms with Gasteiger partial charge in [-0.2, -0.15) is 0 Å². The van der Waals surface area contributed by atoms with Crippen molar-refractivity contribution >= 4 is 16.5 Å². The van der Waals surface area contributed by atoms with E-state index in [4.69, 9.17) is 9.47 Å². The normalized spacial score (nSPS) is 17.5. The number of methoxy groups -OCH3 is 2. The largest absolute Gasteiger partial charge is 0.350 e.